The van der Waals surface area contributed by atoms with E-state index in [9.17, 15) is 19.5 Å². The summed E-state index contributed by atoms with van der Waals surface area (Å²) in [6.45, 7) is 5.05. The molecule has 1 heterocycles. The number of carbonyl (C=O) groups excluding carboxylic acids is 3. The van der Waals surface area contributed by atoms with E-state index in [2.05, 4.69) is 11.4 Å². The van der Waals surface area contributed by atoms with E-state index in [1.807, 2.05) is 6.07 Å². The van der Waals surface area contributed by atoms with Crippen molar-refractivity contribution in [2.24, 2.45) is 5.92 Å². The molecule has 0 radical (unpaired) electrons. The van der Waals surface area contributed by atoms with Crippen LogP contribution >= 0.6 is 0 Å². The molecule has 10 heteroatoms. The third kappa shape index (κ3) is 4.99. The fourth-order valence-corrected chi connectivity index (χ4v) is 7.52. The molecule has 0 aromatic heterocycles. The van der Waals surface area contributed by atoms with E-state index in [-0.39, 0.29) is 18.9 Å². The van der Waals surface area contributed by atoms with E-state index in [4.69, 9.17) is 23.7 Å². The van der Waals surface area contributed by atoms with Gasteiger partial charge in [0.05, 0.1) is 24.5 Å². The number of methoxy groups -OCH3 is 1. The number of nitrogens with one attached hydrogen (secondary N) is 1. The zero-order valence-electron chi connectivity index (χ0n) is 25.5. The number of carbonyl (C=O) groups is 3. The third-order valence-corrected chi connectivity index (χ3v) is 9.27. The van der Waals surface area contributed by atoms with Crippen molar-refractivity contribution < 1.29 is 43.2 Å². The van der Waals surface area contributed by atoms with Gasteiger partial charge in [-0.05, 0) is 70.1 Å². The predicted octanol–water partition coefficient (Wildman–Crippen LogP) is 4.81. The lowest BCUT2D eigenvalue weighted by atomic mass is 9.47. The molecule has 1 aliphatic heterocycles. The van der Waals surface area contributed by atoms with Crippen LogP contribution in [-0.4, -0.2) is 54.1 Å². The van der Waals surface area contributed by atoms with Crippen molar-refractivity contribution in [3.8, 4) is 11.5 Å². The van der Waals surface area contributed by atoms with Gasteiger partial charge in [-0.1, -0.05) is 42.8 Å². The van der Waals surface area contributed by atoms with Crippen LogP contribution in [0.25, 0.3) is 0 Å². The molecule has 2 N–H and O–H groups in total. The molecule has 1 fully saturated rings. The van der Waals surface area contributed by atoms with Gasteiger partial charge in [0, 0.05) is 17.7 Å². The van der Waals surface area contributed by atoms with Crippen LogP contribution in [0.3, 0.4) is 0 Å². The number of benzene rings is 2. The van der Waals surface area contributed by atoms with Crippen LogP contribution in [0.4, 0.5) is 4.79 Å². The summed E-state index contributed by atoms with van der Waals surface area (Å²) in [7, 11) is 1.59. The number of esters is 1. The Morgan fingerprint density at radius 3 is 2.64 bits per heavy atom. The maximum atomic E-state index is 13.1. The average Bonchev–Trinajstić information content (AvgIpc) is 3.32. The summed E-state index contributed by atoms with van der Waals surface area (Å²) in [5, 5.41) is 14.9. The molecule has 0 unspecified atom stereocenters. The van der Waals surface area contributed by atoms with Crippen LogP contribution in [-0.2, 0) is 35.6 Å². The lowest BCUT2D eigenvalue weighted by Crippen LogP contribution is -2.67. The molecule has 2 aromatic carbocycles. The Kier molecular flexibility index (Phi) is 7.60. The van der Waals surface area contributed by atoms with Crippen LogP contribution in [0.1, 0.15) is 75.7 Å². The average molecular weight is 606 g/mol. The van der Waals surface area contributed by atoms with Crippen LogP contribution in [0.5, 0.6) is 11.5 Å². The monoisotopic (exact) mass is 605 g/mol. The highest BCUT2D eigenvalue weighted by Crippen LogP contribution is 2.67. The summed E-state index contributed by atoms with van der Waals surface area (Å²) in [6, 6.07) is 12.5. The van der Waals surface area contributed by atoms with Gasteiger partial charge in [0.15, 0.2) is 17.6 Å². The minimum Gasteiger partial charge on any atom is -0.493 e. The highest BCUT2D eigenvalue weighted by Gasteiger charge is 2.70. The summed E-state index contributed by atoms with van der Waals surface area (Å²) in [5.74, 6) is 0.500. The molecule has 1 amide bonds. The topological polar surface area (TPSA) is 130 Å². The van der Waals surface area contributed by atoms with Crippen molar-refractivity contribution in [1.29, 1.82) is 0 Å². The van der Waals surface area contributed by atoms with E-state index >= 15 is 0 Å². The minimum atomic E-state index is -1.26. The molecule has 1 spiro atoms. The Morgan fingerprint density at radius 1 is 1.14 bits per heavy atom. The Labute approximate surface area is 256 Å². The first-order valence-corrected chi connectivity index (χ1v) is 15.2. The zero-order valence-corrected chi connectivity index (χ0v) is 25.5. The first-order chi connectivity index (χ1) is 21.0. The Balaban J connectivity index is 1.14. The number of ether oxygens (including phenoxy) is 5. The number of rotatable bonds is 8. The molecule has 2 aromatic rings. The standard InChI is InChI=1S/C34H39NO9/c1-32(2,3)44-31(38)43-27(20-9-6-5-7-10-20)30(37)35-18-15-25(36)41-24-14-17-34(39)22-11-8-16-33(34)26-21(19-22)12-13-23(40-4)28(26)42-29(24)33/h5-7,9-10,12-14,22,27,29,39H,8,11,15-19H2,1-4H3,(H,35,37)/t22-,27-,29+,33+,34-/m1/s1. The summed E-state index contributed by atoms with van der Waals surface area (Å²) in [6.07, 6.45) is 2.43. The number of hydrogen-bond donors (Lipinski definition) is 2. The predicted molar refractivity (Wildman–Crippen MR) is 158 cm³/mol. The smallest absolute Gasteiger partial charge is 0.493 e. The molecule has 44 heavy (non-hydrogen) atoms. The lowest BCUT2D eigenvalue weighted by Gasteiger charge is -2.59. The van der Waals surface area contributed by atoms with Gasteiger partial charge in [0.25, 0.3) is 5.91 Å². The van der Waals surface area contributed by atoms with E-state index in [1.165, 1.54) is 0 Å². The van der Waals surface area contributed by atoms with Gasteiger partial charge in [-0.2, -0.15) is 0 Å². The van der Waals surface area contributed by atoms with Crippen molar-refractivity contribution in [3.05, 3.63) is 71.0 Å². The number of hydrogen-bond acceptors (Lipinski definition) is 9. The van der Waals surface area contributed by atoms with Crippen molar-refractivity contribution in [1.82, 2.24) is 5.32 Å². The van der Waals surface area contributed by atoms with Crippen molar-refractivity contribution in [3.63, 3.8) is 0 Å². The summed E-state index contributed by atoms with van der Waals surface area (Å²) >= 11 is 0. The van der Waals surface area contributed by atoms with Crippen molar-refractivity contribution in [2.75, 3.05) is 13.7 Å². The van der Waals surface area contributed by atoms with E-state index in [0.29, 0.717) is 35.7 Å². The zero-order chi connectivity index (χ0) is 31.3. The van der Waals surface area contributed by atoms with Crippen LogP contribution in [0.2, 0.25) is 0 Å². The largest absolute Gasteiger partial charge is 0.509 e. The quantitative estimate of drug-likeness (QED) is 0.407. The van der Waals surface area contributed by atoms with Gasteiger partial charge < -0.3 is 34.1 Å². The lowest BCUT2D eigenvalue weighted by molar-refractivity contribution is -0.160. The summed E-state index contributed by atoms with van der Waals surface area (Å²) < 4.78 is 28.6. The van der Waals surface area contributed by atoms with E-state index in [0.717, 1.165) is 30.4 Å². The first kappa shape index (κ1) is 30.0. The second kappa shape index (κ2) is 11.1. The maximum Gasteiger partial charge on any atom is 0.509 e. The van der Waals surface area contributed by atoms with Gasteiger partial charge >= 0.3 is 12.1 Å². The normalized spacial score (nSPS) is 26.7. The molecule has 0 saturated heterocycles. The second-order valence-electron chi connectivity index (χ2n) is 13.0. The highest BCUT2D eigenvalue weighted by atomic mass is 16.7. The Hall–Kier alpha value is -4.05. The molecular formula is C34H39NO9. The fourth-order valence-electron chi connectivity index (χ4n) is 7.52. The summed E-state index contributed by atoms with van der Waals surface area (Å²) in [4.78, 5) is 38.6. The fraction of sp³-hybridized carbons (Fsp3) is 0.500. The van der Waals surface area contributed by atoms with Crippen LogP contribution < -0.4 is 14.8 Å². The Bertz CT molecular complexity index is 1500. The molecule has 234 valence electrons. The number of amides is 1. The molecule has 4 aliphatic rings. The third-order valence-electron chi connectivity index (χ3n) is 9.27. The van der Waals surface area contributed by atoms with E-state index in [1.54, 1.807) is 64.3 Å². The van der Waals surface area contributed by atoms with Crippen LogP contribution in [0.15, 0.2) is 54.3 Å². The minimum absolute atomic E-state index is 0.0488. The second-order valence-corrected chi connectivity index (χ2v) is 13.0. The molecular weight excluding hydrogens is 566 g/mol. The highest BCUT2D eigenvalue weighted by molar-refractivity contribution is 5.84. The summed E-state index contributed by atoms with van der Waals surface area (Å²) in [5.41, 5.74) is 0.0533. The SMILES string of the molecule is COc1ccc2c3c1O[C@H]1C(OC(=O)CCNC(=O)[C@H](OC(=O)OC(C)(C)C)c4ccccc4)=CC[C@@]4(O)[C@H](CCC[C@]314)C2. The van der Waals surface area contributed by atoms with Gasteiger partial charge in [0.1, 0.15) is 11.4 Å². The van der Waals surface area contributed by atoms with Gasteiger partial charge in [-0.15, -0.1) is 0 Å². The van der Waals surface area contributed by atoms with E-state index < -0.39 is 46.9 Å². The van der Waals surface area contributed by atoms with Crippen molar-refractivity contribution in [2.45, 2.75) is 88.1 Å². The van der Waals surface area contributed by atoms with Crippen LogP contribution in [0, 0.1) is 5.92 Å². The number of aliphatic hydroxyl groups is 1. The molecule has 2 bridgehead atoms. The first-order valence-electron chi connectivity index (χ1n) is 15.2. The Morgan fingerprint density at radius 2 is 1.91 bits per heavy atom. The molecule has 6 rings (SSSR count). The molecule has 1 saturated carbocycles. The maximum absolute atomic E-state index is 13.1. The van der Waals surface area contributed by atoms with Crippen molar-refractivity contribution >= 4 is 18.0 Å². The van der Waals surface area contributed by atoms with Gasteiger partial charge in [-0.3, -0.25) is 9.59 Å². The molecule has 10 nitrogen and oxygen atoms in total. The molecule has 3 aliphatic carbocycles. The van der Waals surface area contributed by atoms with Gasteiger partial charge in [-0.25, -0.2) is 4.79 Å². The van der Waals surface area contributed by atoms with Gasteiger partial charge in [0.2, 0.25) is 6.10 Å². The molecule has 5 atom stereocenters.